The fraction of sp³-hybridized carbons (Fsp3) is 1.00. The summed E-state index contributed by atoms with van der Waals surface area (Å²) in [7, 11) is 0. The largest absolute Gasteiger partial charge is 0.304 e. The first kappa shape index (κ1) is 10.8. The number of hydrogen-bond acceptors (Lipinski definition) is 3. The molecule has 0 saturated carbocycles. The molecule has 2 atom stereocenters. The highest BCUT2D eigenvalue weighted by molar-refractivity contribution is 8.01. The second kappa shape index (κ2) is 4.42. The second-order valence-electron chi connectivity index (χ2n) is 4.59. The molecule has 0 amide bonds. The molecular weight excluding hydrogens is 192 g/mol. The molecule has 0 bridgehead atoms. The average molecular weight is 214 g/mol. The molecule has 3 heteroatoms. The molecule has 2 saturated heterocycles. The Morgan fingerprint density at radius 1 is 1.43 bits per heavy atom. The van der Waals surface area contributed by atoms with E-state index in [2.05, 4.69) is 35.8 Å². The first-order valence-corrected chi connectivity index (χ1v) is 6.77. The molecule has 2 rings (SSSR count). The average Bonchev–Trinajstić information content (AvgIpc) is 2.44. The summed E-state index contributed by atoms with van der Waals surface area (Å²) in [6, 6.07) is 0. The molecule has 0 aromatic heterocycles. The minimum absolute atomic E-state index is 0.434. The molecule has 0 aliphatic carbocycles. The van der Waals surface area contributed by atoms with Gasteiger partial charge in [0.1, 0.15) is 0 Å². The Labute approximate surface area is 91.8 Å². The van der Waals surface area contributed by atoms with Gasteiger partial charge in [-0.25, -0.2) is 0 Å². The third kappa shape index (κ3) is 2.26. The van der Waals surface area contributed by atoms with Crippen LogP contribution in [0.25, 0.3) is 0 Å². The van der Waals surface area contributed by atoms with E-state index in [0.717, 1.165) is 5.25 Å². The topological polar surface area (TPSA) is 15.3 Å². The van der Waals surface area contributed by atoms with Gasteiger partial charge in [-0.15, -0.1) is 11.8 Å². The number of thioether (sulfide) groups is 1. The highest BCUT2D eigenvalue weighted by Crippen LogP contribution is 2.40. The van der Waals surface area contributed by atoms with Gasteiger partial charge in [-0.2, -0.15) is 0 Å². The highest BCUT2D eigenvalue weighted by atomic mass is 32.2. The van der Waals surface area contributed by atoms with Crippen LogP contribution < -0.4 is 5.32 Å². The van der Waals surface area contributed by atoms with Gasteiger partial charge in [0.05, 0.1) is 4.87 Å². The standard InChI is InChI=1S/C11H22N2S/c1-3-13-7-4-5-11(6-8-13)12-9-10(2)14-11/h10,12H,3-9H2,1-2H3. The van der Waals surface area contributed by atoms with Crippen LogP contribution in [0.2, 0.25) is 0 Å². The molecule has 2 aliphatic rings. The van der Waals surface area contributed by atoms with E-state index in [0.29, 0.717) is 4.87 Å². The first-order chi connectivity index (χ1) is 6.74. The lowest BCUT2D eigenvalue weighted by atomic mass is 10.1. The fourth-order valence-corrected chi connectivity index (χ4v) is 4.15. The van der Waals surface area contributed by atoms with E-state index in [9.17, 15) is 0 Å². The van der Waals surface area contributed by atoms with Crippen LogP contribution in [0.5, 0.6) is 0 Å². The molecule has 2 heterocycles. The number of hydrogen-bond donors (Lipinski definition) is 1. The molecule has 2 aliphatic heterocycles. The maximum absolute atomic E-state index is 3.74. The van der Waals surface area contributed by atoms with Crippen LogP contribution in [0.3, 0.4) is 0 Å². The Morgan fingerprint density at radius 2 is 2.29 bits per heavy atom. The normalized spacial score (nSPS) is 40.3. The minimum atomic E-state index is 0.434. The van der Waals surface area contributed by atoms with Crippen molar-refractivity contribution in [3.8, 4) is 0 Å². The molecule has 0 aromatic carbocycles. The van der Waals surface area contributed by atoms with Crippen molar-refractivity contribution in [2.45, 2.75) is 43.2 Å². The highest BCUT2D eigenvalue weighted by Gasteiger charge is 2.38. The molecule has 1 spiro atoms. The van der Waals surface area contributed by atoms with Crippen molar-refractivity contribution in [1.29, 1.82) is 0 Å². The number of nitrogens with one attached hydrogen (secondary N) is 1. The monoisotopic (exact) mass is 214 g/mol. The quantitative estimate of drug-likeness (QED) is 0.718. The molecule has 2 fully saturated rings. The Morgan fingerprint density at radius 3 is 2.93 bits per heavy atom. The van der Waals surface area contributed by atoms with Crippen molar-refractivity contribution >= 4 is 11.8 Å². The predicted molar refractivity (Wildman–Crippen MR) is 63.8 cm³/mol. The predicted octanol–water partition coefficient (Wildman–Crippen LogP) is 1.91. The lowest BCUT2D eigenvalue weighted by Gasteiger charge is -2.27. The molecule has 1 N–H and O–H groups in total. The van der Waals surface area contributed by atoms with Gasteiger partial charge in [0.25, 0.3) is 0 Å². The van der Waals surface area contributed by atoms with E-state index in [-0.39, 0.29) is 0 Å². The first-order valence-electron chi connectivity index (χ1n) is 5.89. The summed E-state index contributed by atoms with van der Waals surface area (Å²) in [6.07, 6.45) is 4.05. The number of nitrogens with zero attached hydrogens (tertiary/aromatic N) is 1. The van der Waals surface area contributed by atoms with Crippen molar-refractivity contribution in [3.63, 3.8) is 0 Å². The molecular formula is C11H22N2S. The van der Waals surface area contributed by atoms with Gasteiger partial charge in [-0.3, -0.25) is 0 Å². The number of rotatable bonds is 1. The number of likely N-dealkylation sites (tertiary alicyclic amines) is 1. The van der Waals surface area contributed by atoms with Gasteiger partial charge < -0.3 is 10.2 Å². The van der Waals surface area contributed by atoms with Gasteiger partial charge >= 0.3 is 0 Å². The van der Waals surface area contributed by atoms with Gasteiger partial charge in [0.15, 0.2) is 0 Å². The smallest absolute Gasteiger partial charge is 0.0661 e. The molecule has 0 aromatic rings. The summed E-state index contributed by atoms with van der Waals surface area (Å²) in [4.78, 5) is 3.02. The maximum Gasteiger partial charge on any atom is 0.0661 e. The minimum Gasteiger partial charge on any atom is -0.304 e. The van der Waals surface area contributed by atoms with Crippen molar-refractivity contribution in [3.05, 3.63) is 0 Å². The van der Waals surface area contributed by atoms with E-state index >= 15 is 0 Å². The summed E-state index contributed by atoms with van der Waals surface area (Å²) >= 11 is 2.18. The second-order valence-corrected chi connectivity index (χ2v) is 6.41. The van der Waals surface area contributed by atoms with E-state index < -0.39 is 0 Å². The van der Waals surface area contributed by atoms with Crippen molar-refractivity contribution < 1.29 is 0 Å². The Kier molecular flexibility index (Phi) is 3.40. The van der Waals surface area contributed by atoms with Gasteiger partial charge in [-0.05, 0) is 32.4 Å². The lowest BCUT2D eigenvalue weighted by Crippen LogP contribution is -2.38. The molecule has 82 valence electrons. The summed E-state index contributed by atoms with van der Waals surface area (Å²) in [5.74, 6) is 0. The van der Waals surface area contributed by atoms with Gasteiger partial charge in [0.2, 0.25) is 0 Å². The summed E-state index contributed by atoms with van der Waals surface area (Å²) < 4.78 is 0. The third-order valence-electron chi connectivity index (χ3n) is 3.47. The zero-order valence-electron chi connectivity index (χ0n) is 9.38. The van der Waals surface area contributed by atoms with Gasteiger partial charge in [-0.1, -0.05) is 13.8 Å². The van der Waals surface area contributed by atoms with E-state index in [4.69, 9.17) is 0 Å². The molecule has 14 heavy (non-hydrogen) atoms. The van der Waals surface area contributed by atoms with Crippen molar-refractivity contribution in [2.75, 3.05) is 26.2 Å². The summed E-state index contributed by atoms with van der Waals surface area (Å²) in [6.45, 7) is 9.62. The molecule has 2 nitrogen and oxygen atoms in total. The van der Waals surface area contributed by atoms with Crippen LogP contribution in [0.15, 0.2) is 0 Å². The third-order valence-corrected chi connectivity index (χ3v) is 5.05. The molecule has 0 radical (unpaired) electrons. The zero-order valence-corrected chi connectivity index (χ0v) is 10.2. The lowest BCUT2D eigenvalue weighted by molar-refractivity contribution is 0.296. The SMILES string of the molecule is CCN1CCCC2(CC1)NCC(C)S2. The Balaban J connectivity index is 1.94. The Bertz CT molecular complexity index is 198. The summed E-state index contributed by atoms with van der Waals surface area (Å²) in [5, 5.41) is 4.55. The maximum atomic E-state index is 3.74. The molecule has 2 unspecified atom stereocenters. The van der Waals surface area contributed by atoms with Crippen LogP contribution in [-0.2, 0) is 0 Å². The van der Waals surface area contributed by atoms with E-state index in [1.165, 1.54) is 45.4 Å². The van der Waals surface area contributed by atoms with Crippen LogP contribution in [0.4, 0.5) is 0 Å². The van der Waals surface area contributed by atoms with E-state index in [1.54, 1.807) is 0 Å². The zero-order chi connectivity index (χ0) is 10.0. The van der Waals surface area contributed by atoms with Crippen molar-refractivity contribution in [2.24, 2.45) is 0 Å². The van der Waals surface area contributed by atoms with Crippen LogP contribution >= 0.6 is 11.8 Å². The van der Waals surface area contributed by atoms with Crippen LogP contribution in [0, 0.1) is 0 Å². The van der Waals surface area contributed by atoms with Crippen LogP contribution in [0.1, 0.15) is 33.1 Å². The van der Waals surface area contributed by atoms with Crippen LogP contribution in [-0.4, -0.2) is 41.2 Å². The Hall–Kier alpha value is 0.270. The summed E-state index contributed by atoms with van der Waals surface area (Å²) in [5.41, 5.74) is 0. The fourth-order valence-electron chi connectivity index (χ4n) is 2.57. The van der Waals surface area contributed by atoms with E-state index in [1.807, 2.05) is 0 Å². The van der Waals surface area contributed by atoms with Crippen molar-refractivity contribution in [1.82, 2.24) is 10.2 Å². The van der Waals surface area contributed by atoms with Gasteiger partial charge in [0, 0.05) is 18.3 Å².